The van der Waals surface area contributed by atoms with Crippen LogP contribution >= 0.6 is 0 Å². The number of unbranched alkanes of at least 4 members (excludes halogenated alkanes) is 1. The van der Waals surface area contributed by atoms with Crippen LogP contribution in [0.25, 0.3) is 22.3 Å². The molecule has 2 aliphatic rings. The third-order valence-corrected chi connectivity index (χ3v) is 9.88. The number of hydrogen-bond donors (Lipinski definition) is 4. The van der Waals surface area contributed by atoms with Crippen molar-refractivity contribution in [2.24, 2.45) is 0 Å². The zero-order valence-corrected chi connectivity index (χ0v) is 25.3. The van der Waals surface area contributed by atoms with Crippen LogP contribution in [0.15, 0.2) is 59.6 Å². The lowest BCUT2D eigenvalue weighted by molar-refractivity contribution is -0.118. The summed E-state index contributed by atoms with van der Waals surface area (Å²) < 4.78 is 44.4. The Morgan fingerprint density at radius 1 is 1.07 bits per heavy atom. The summed E-state index contributed by atoms with van der Waals surface area (Å²) in [4.78, 5) is 22.3. The SMILES string of the molecule is CCCCNc1ncc2c(-c3ccc(S(=O)(=O)NC4(C(=O)Nc5ccc(F)cc5)CC4)cc3)nn([C@H]3CC[C@H](O)CC3)c2n1. The van der Waals surface area contributed by atoms with Gasteiger partial charge in [0, 0.05) is 24.0 Å². The molecule has 0 aliphatic heterocycles. The Bertz CT molecular complexity index is 1750. The van der Waals surface area contributed by atoms with Crippen LogP contribution in [-0.2, 0) is 14.8 Å². The molecule has 2 aliphatic carbocycles. The van der Waals surface area contributed by atoms with Crippen LogP contribution in [0, 0.1) is 5.82 Å². The largest absolute Gasteiger partial charge is 0.393 e. The van der Waals surface area contributed by atoms with Crippen LogP contribution in [-0.4, -0.2) is 57.4 Å². The van der Waals surface area contributed by atoms with Gasteiger partial charge in [-0.3, -0.25) is 4.79 Å². The van der Waals surface area contributed by atoms with Gasteiger partial charge in [-0.05, 0) is 81.3 Å². The van der Waals surface area contributed by atoms with E-state index in [-0.39, 0.29) is 17.0 Å². The summed E-state index contributed by atoms with van der Waals surface area (Å²) in [5, 5.41) is 21.7. The zero-order chi connectivity index (χ0) is 30.9. The highest BCUT2D eigenvalue weighted by molar-refractivity contribution is 7.89. The van der Waals surface area contributed by atoms with Crippen molar-refractivity contribution in [2.45, 2.75) is 80.9 Å². The maximum Gasteiger partial charge on any atom is 0.245 e. The molecule has 0 bridgehead atoms. The van der Waals surface area contributed by atoms with Crippen molar-refractivity contribution in [1.82, 2.24) is 24.5 Å². The second-order valence-electron chi connectivity index (χ2n) is 11.6. The standard InChI is InChI=1S/C31H36FN7O4S/c1-2-3-18-33-30-34-19-26-27(37-39(28(26)36-30)23-10-12-24(40)13-11-23)20-4-14-25(15-5-20)44(42,43)38-31(16-17-31)29(41)35-22-8-6-21(32)7-9-22/h4-9,14-15,19,23-24,38,40H,2-3,10-13,16-18H2,1H3,(H,35,41)(H,33,34,36)/t23-,24-. The molecule has 0 radical (unpaired) electrons. The number of carbonyl (C=O) groups excluding carboxylic acids is 1. The number of nitrogens with one attached hydrogen (secondary N) is 3. The van der Waals surface area contributed by atoms with Crippen molar-refractivity contribution in [3.63, 3.8) is 0 Å². The fraction of sp³-hybridized carbons (Fsp3) is 0.419. The summed E-state index contributed by atoms with van der Waals surface area (Å²) in [5.74, 6) is -0.391. The minimum absolute atomic E-state index is 0.0192. The van der Waals surface area contributed by atoms with E-state index in [0.717, 1.165) is 37.6 Å². The molecule has 0 unspecified atom stereocenters. The Labute approximate surface area is 255 Å². The molecule has 4 N–H and O–H groups in total. The van der Waals surface area contributed by atoms with E-state index < -0.39 is 27.3 Å². The fourth-order valence-corrected chi connectivity index (χ4v) is 6.97. The van der Waals surface area contributed by atoms with Crippen LogP contribution in [0.3, 0.4) is 0 Å². The number of anilines is 2. The molecule has 44 heavy (non-hydrogen) atoms. The molecular formula is C31H36FN7O4S. The minimum Gasteiger partial charge on any atom is -0.393 e. The number of halogens is 1. The number of fused-ring (bicyclic) bond motifs is 1. The number of rotatable bonds is 11. The van der Waals surface area contributed by atoms with Gasteiger partial charge >= 0.3 is 0 Å². The molecule has 1 amide bonds. The van der Waals surface area contributed by atoms with Gasteiger partial charge in [-0.2, -0.15) is 14.8 Å². The number of benzene rings is 2. The molecule has 6 rings (SSSR count). The van der Waals surface area contributed by atoms with E-state index in [4.69, 9.17) is 10.1 Å². The van der Waals surface area contributed by atoms with E-state index in [1.807, 2.05) is 4.68 Å². The van der Waals surface area contributed by atoms with E-state index in [9.17, 15) is 22.7 Å². The van der Waals surface area contributed by atoms with Crippen LogP contribution in [0.1, 0.15) is 64.3 Å². The first-order chi connectivity index (χ1) is 21.2. The van der Waals surface area contributed by atoms with Crippen LogP contribution < -0.4 is 15.4 Å². The van der Waals surface area contributed by atoms with Gasteiger partial charge in [0.1, 0.15) is 17.1 Å². The molecule has 0 spiro atoms. The first-order valence-electron chi connectivity index (χ1n) is 15.1. The third kappa shape index (κ3) is 6.30. The van der Waals surface area contributed by atoms with Gasteiger partial charge < -0.3 is 15.7 Å². The molecule has 2 aromatic carbocycles. The maximum absolute atomic E-state index is 13.3. The monoisotopic (exact) mass is 621 g/mol. The number of sulfonamides is 1. The summed E-state index contributed by atoms with van der Waals surface area (Å²) in [6, 6.07) is 11.7. The van der Waals surface area contributed by atoms with Gasteiger partial charge in [0.25, 0.3) is 0 Å². The van der Waals surface area contributed by atoms with Crippen molar-refractivity contribution in [2.75, 3.05) is 17.2 Å². The number of hydrogen-bond acceptors (Lipinski definition) is 8. The molecule has 11 nitrogen and oxygen atoms in total. The molecule has 2 heterocycles. The Hall–Kier alpha value is -3.94. The van der Waals surface area contributed by atoms with Crippen molar-refractivity contribution in [3.05, 3.63) is 60.5 Å². The number of aromatic nitrogens is 4. The third-order valence-electron chi connectivity index (χ3n) is 8.33. The lowest BCUT2D eigenvalue weighted by Crippen LogP contribution is -2.46. The lowest BCUT2D eigenvalue weighted by atomic mass is 9.93. The van der Waals surface area contributed by atoms with Gasteiger partial charge in [0.15, 0.2) is 5.65 Å². The molecule has 2 fully saturated rings. The summed E-state index contributed by atoms with van der Waals surface area (Å²) in [6.45, 7) is 2.88. The maximum atomic E-state index is 13.3. The summed E-state index contributed by atoms with van der Waals surface area (Å²) in [5.41, 5.74) is 1.16. The Morgan fingerprint density at radius 3 is 2.43 bits per heavy atom. The van der Waals surface area contributed by atoms with Gasteiger partial charge in [-0.1, -0.05) is 25.5 Å². The van der Waals surface area contributed by atoms with Gasteiger partial charge in [-0.25, -0.2) is 22.5 Å². The van der Waals surface area contributed by atoms with Crippen LogP contribution in [0.5, 0.6) is 0 Å². The van der Waals surface area contributed by atoms with E-state index in [1.54, 1.807) is 18.3 Å². The molecule has 232 valence electrons. The molecule has 2 aromatic heterocycles. The first-order valence-corrected chi connectivity index (χ1v) is 16.5. The number of aliphatic hydroxyl groups excluding tert-OH is 1. The number of amides is 1. The Balaban J connectivity index is 1.24. The molecule has 0 saturated heterocycles. The second-order valence-corrected chi connectivity index (χ2v) is 13.3. The van der Waals surface area contributed by atoms with Crippen LogP contribution in [0.4, 0.5) is 16.0 Å². The minimum atomic E-state index is -4.03. The summed E-state index contributed by atoms with van der Waals surface area (Å²) in [6.07, 6.45) is 7.13. The normalized spacial score (nSPS) is 19.5. The van der Waals surface area contributed by atoms with Gasteiger partial charge in [-0.15, -0.1) is 0 Å². The summed E-state index contributed by atoms with van der Waals surface area (Å²) in [7, 11) is -4.03. The van der Waals surface area contributed by atoms with E-state index in [1.165, 1.54) is 36.4 Å². The molecule has 2 saturated carbocycles. The number of carbonyl (C=O) groups is 1. The average Bonchev–Trinajstić information content (AvgIpc) is 3.70. The number of aliphatic hydroxyl groups is 1. The van der Waals surface area contributed by atoms with E-state index >= 15 is 0 Å². The predicted molar refractivity (Wildman–Crippen MR) is 165 cm³/mol. The average molecular weight is 622 g/mol. The predicted octanol–water partition coefficient (Wildman–Crippen LogP) is 4.77. The zero-order valence-electron chi connectivity index (χ0n) is 24.5. The van der Waals surface area contributed by atoms with E-state index in [2.05, 4.69) is 27.3 Å². The van der Waals surface area contributed by atoms with Gasteiger partial charge in [0.05, 0.1) is 22.4 Å². The number of nitrogens with zero attached hydrogens (tertiary/aromatic N) is 4. The Kier molecular flexibility index (Phi) is 8.36. The quantitative estimate of drug-likeness (QED) is 0.175. The fourth-order valence-electron chi connectivity index (χ4n) is 5.55. The van der Waals surface area contributed by atoms with Crippen molar-refractivity contribution in [1.29, 1.82) is 0 Å². The highest BCUT2D eigenvalue weighted by Gasteiger charge is 2.52. The lowest BCUT2D eigenvalue weighted by Gasteiger charge is -2.25. The first kappa shape index (κ1) is 30.1. The second kappa shape index (κ2) is 12.2. The summed E-state index contributed by atoms with van der Waals surface area (Å²) >= 11 is 0. The molecule has 4 aromatic rings. The highest BCUT2D eigenvalue weighted by atomic mass is 32.2. The smallest absolute Gasteiger partial charge is 0.245 e. The van der Waals surface area contributed by atoms with E-state index in [0.29, 0.717) is 54.2 Å². The van der Waals surface area contributed by atoms with Crippen molar-refractivity contribution in [3.8, 4) is 11.3 Å². The molecule has 0 atom stereocenters. The topological polar surface area (TPSA) is 151 Å². The van der Waals surface area contributed by atoms with Gasteiger partial charge in [0.2, 0.25) is 21.9 Å². The van der Waals surface area contributed by atoms with Crippen molar-refractivity contribution >= 4 is 38.6 Å². The van der Waals surface area contributed by atoms with Crippen molar-refractivity contribution < 1.29 is 22.7 Å². The molecular weight excluding hydrogens is 585 g/mol. The van der Waals surface area contributed by atoms with Crippen LogP contribution in [0.2, 0.25) is 0 Å². The Morgan fingerprint density at radius 2 is 1.77 bits per heavy atom. The highest BCUT2D eigenvalue weighted by Crippen LogP contribution is 2.39. The molecule has 13 heteroatoms.